The van der Waals surface area contributed by atoms with Gasteiger partial charge in [-0.3, -0.25) is 0 Å². The SMILES string of the molecule is CCC1CCCC(OCc2ccc(C(N)=S)cc2Cl)C1. The minimum Gasteiger partial charge on any atom is -0.389 e. The summed E-state index contributed by atoms with van der Waals surface area (Å²) < 4.78 is 6.03. The lowest BCUT2D eigenvalue weighted by Crippen LogP contribution is -2.22. The molecule has 0 amide bonds. The van der Waals surface area contributed by atoms with Crippen molar-refractivity contribution in [2.24, 2.45) is 11.7 Å². The average molecular weight is 312 g/mol. The van der Waals surface area contributed by atoms with Crippen molar-refractivity contribution in [3.8, 4) is 0 Å². The van der Waals surface area contributed by atoms with Gasteiger partial charge in [0.2, 0.25) is 0 Å². The van der Waals surface area contributed by atoms with E-state index >= 15 is 0 Å². The van der Waals surface area contributed by atoms with Crippen LogP contribution in [0.15, 0.2) is 18.2 Å². The molecule has 1 aliphatic carbocycles. The zero-order chi connectivity index (χ0) is 14.5. The van der Waals surface area contributed by atoms with Crippen molar-refractivity contribution in [2.45, 2.75) is 51.7 Å². The van der Waals surface area contributed by atoms with Crippen molar-refractivity contribution in [3.63, 3.8) is 0 Å². The Bertz CT molecular complexity index is 478. The molecule has 110 valence electrons. The maximum absolute atomic E-state index is 6.25. The molecule has 1 aromatic rings. The lowest BCUT2D eigenvalue weighted by Gasteiger charge is -2.28. The van der Waals surface area contributed by atoms with Crippen molar-refractivity contribution < 1.29 is 4.74 Å². The predicted molar refractivity (Wildman–Crippen MR) is 88.2 cm³/mol. The van der Waals surface area contributed by atoms with Gasteiger partial charge in [-0.2, -0.15) is 0 Å². The summed E-state index contributed by atoms with van der Waals surface area (Å²) in [5.74, 6) is 0.821. The molecular weight excluding hydrogens is 290 g/mol. The predicted octanol–water partition coefficient (Wildman–Crippen LogP) is 4.46. The van der Waals surface area contributed by atoms with Gasteiger partial charge in [0.25, 0.3) is 0 Å². The van der Waals surface area contributed by atoms with Gasteiger partial charge in [0.05, 0.1) is 12.7 Å². The lowest BCUT2D eigenvalue weighted by molar-refractivity contribution is 0.00180. The Morgan fingerprint density at radius 1 is 1.45 bits per heavy atom. The van der Waals surface area contributed by atoms with Crippen molar-refractivity contribution in [2.75, 3.05) is 0 Å². The fourth-order valence-electron chi connectivity index (χ4n) is 2.79. The van der Waals surface area contributed by atoms with E-state index in [0.29, 0.717) is 22.7 Å². The second kappa shape index (κ2) is 7.39. The van der Waals surface area contributed by atoms with E-state index in [-0.39, 0.29) is 0 Å². The van der Waals surface area contributed by atoms with E-state index in [2.05, 4.69) is 6.92 Å². The Morgan fingerprint density at radius 2 is 2.25 bits per heavy atom. The van der Waals surface area contributed by atoms with Crippen LogP contribution < -0.4 is 5.73 Å². The molecule has 2 N–H and O–H groups in total. The van der Waals surface area contributed by atoms with Gasteiger partial charge in [-0.1, -0.05) is 62.1 Å². The molecule has 1 saturated carbocycles. The van der Waals surface area contributed by atoms with Crippen LogP contribution in [0.5, 0.6) is 0 Å². The van der Waals surface area contributed by atoms with Gasteiger partial charge in [-0.05, 0) is 30.4 Å². The summed E-state index contributed by atoms with van der Waals surface area (Å²) >= 11 is 11.2. The summed E-state index contributed by atoms with van der Waals surface area (Å²) in [5, 5.41) is 0.679. The van der Waals surface area contributed by atoms with E-state index in [1.54, 1.807) is 0 Å². The Balaban J connectivity index is 1.92. The lowest BCUT2D eigenvalue weighted by atomic mass is 9.85. The maximum atomic E-state index is 6.25. The van der Waals surface area contributed by atoms with Crippen LogP contribution in [0.3, 0.4) is 0 Å². The number of halogens is 1. The van der Waals surface area contributed by atoms with E-state index in [1.807, 2.05) is 18.2 Å². The van der Waals surface area contributed by atoms with Gasteiger partial charge in [0.1, 0.15) is 4.99 Å². The molecule has 0 heterocycles. The van der Waals surface area contributed by atoms with Crippen LogP contribution >= 0.6 is 23.8 Å². The Morgan fingerprint density at radius 3 is 2.90 bits per heavy atom. The van der Waals surface area contributed by atoms with Crippen LogP contribution in [-0.4, -0.2) is 11.1 Å². The number of ether oxygens (including phenoxy) is 1. The molecule has 1 aliphatic rings. The van der Waals surface area contributed by atoms with Crippen LogP contribution in [0.25, 0.3) is 0 Å². The van der Waals surface area contributed by atoms with Crippen LogP contribution in [0.1, 0.15) is 50.2 Å². The third kappa shape index (κ3) is 4.18. The van der Waals surface area contributed by atoms with Gasteiger partial charge >= 0.3 is 0 Å². The normalized spacial score (nSPS) is 22.7. The highest BCUT2D eigenvalue weighted by atomic mass is 35.5. The highest BCUT2D eigenvalue weighted by Crippen LogP contribution is 2.29. The second-order valence-electron chi connectivity index (χ2n) is 5.54. The number of thiocarbonyl (C=S) groups is 1. The van der Waals surface area contributed by atoms with Gasteiger partial charge in [0, 0.05) is 10.6 Å². The molecule has 1 aromatic carbocycles. The topological polar surface area (TPSA) is 35.2 Å². The van der Waals surface area contributed by atoms with E-state index in [1.165, 1.54) is 32.1 Å². The summed E-state index contributed by atoms with van der Waals surface area (Å²) in [6.07, 6.45) is 6.60. The van der Waals surface area contributed by atoms with Gasteiger partial charge in [-0.15, -0.1) is 0 Å². The van der Waals surface area contributed by atoms with E-state index in [0.717, 1.165) is 17.0 Å². The zero-order valence-corrected chi connectivity index (χ0v) is 13.5. The summed E-state index contributed by atoms with van der Waals surface area (Å²) in [6, 6.07) is 5.68. The molecule has 0 aliphatic heterocycles. The Kier molecular flexibility index (Phi) is 5.82. The van der Waals surface area contributed by atoms with Gasteiger partial charge < -0.3 is 10.5 Å². The third-order valence-electron chi connectivity index (χ3n) is 4.12. The molecule has 2 rings (SSSR count). The molecule has 1 fully saturated rings. The number of nitrogens with two attached hydrogens (primary N) is 1. The largest absolute Gasteiger partial charge is 0.389 e. The van der Waals surface area contributed by atoms with Gasteiger partial charge in [-0.25, -0.2) is 0 Å². The minimum absolute atomic E-state index is 0.373. The highest BCUT2D eigenvalue weighted by molar-refractivity contribution is 7.80. The molecule has 0 radical (unpaired) electrons. The Hall–Kier alpha value is -0.640. The second-order valence-corrected chi connectivity index (χ2v) is 6.39. The monoisotopic (exact) mass is 311 g/mol. The van der Waals surface area contributed by atoms with Crippen molar-refractivity contribution >= 4 is 28.8 Å². The molecule has 0 spiro atoms. The fraction of sp³-hybridized carbons (Fsp3) is 0.562. The van der Waals surface area contributed by atoms with Crippen LogP contribution in [0.4, 0.5) is 0 Å². The zero-order valence-electron chi connectivity index (χ0n) is 11.9. The first-order chi connectivity index (χ1) is 9.60. The minimum atomic E-state index is 0.373. The molecule has 4 heteroatoms. The van der Waals surface area contributed by atoms with Gasteiger partial charge in [0.15, 0.2) is 0 Å². The fourth-order valence-corrected chi connectivity index (χ4v) is 3.15. The number of rotatable bonds is 5. The maximum Gasteiger partial charge on any atom is 0.104 e. The van der Waals surface area contributed by atoms with Crippen LogP contribution in [0, 0.1) is 5.92 Å². The first-order valence-electron chi connectivity index (χ1n) is 7.30. The van der Waals surface area contributed by atoms with E-state index in [9.17, 15) is 0 Å². The third-order valence-corrected chi connectivity index (χ3v) is 4.71. The molecule has 20 heavy (non-hydrogen) atoms. The van der Waals surface area contributed by atoms with Crippen LogP contribution in [-0.2, 0) is 11.3 Å². The summed E-state index contributed by atoms with van der Waals surface area (Å²) in [7, 11) is 0. The quantitative estimate of drug-likeness (QED) is 0.815. The molecule has 0 saturated heterocycles. The summed E-state index contributed by atoms with van der Waals surface area (Å²) in [5.41, 5.74) is 7.40. The van der Waals surface area contributed by atoms with Crippen molar-refractivity contribution in [3.05, 3.63) is 34.3 Å². The molecule has 0 bridgehead atoms. The van der Waals surface area contributed by atoms with Crippen molar-refractivity contribution in [1.82, 2.24) is 0 Å². The summed E-state index contributed by atoms with van der Waals surface area (Å²) in [4.78, 5) is 0.373. The summed E-state index contributed by atoms with van der Waals surface area (Å²) in [6.45, 7) is 2.83. The smallest absolute Gasteiger partial charge is 0.104 e. The average Bonchev–Trinajstić information content (AvgIpc) is 2.46. The van der Waals surface area contributed by atoms with Crippen LogP contribution in [0.2, 0.25) is 5.02 Å². The molecule has 2 nitrogen and oxygen atoms in total. The number of hydrogen-bond acceptors (Lipinski definition) is 2. The molecule has 2 atom stereocenters. The molecule has 2 unspecified atom stereocenters. The number of benzene rings is 1. The Labute approximate surface area is 131 Å². The van der Waals surface area contributed by atoms with E-state index in [4.69, 9.17) is 34.3 Å². The molecular formula is C16H22ClNOS. The van der Waals surface area contributed by atoms with Crippen molar-refractivity contribution in [1.29, 1.82) is 0 Å². The van der Waals surface area contributed by atoms with E-state index < -0.39 is 0 Å². The standard InChI is InChI=1S/C16H22ClNOS/c1-2-11-4-3-5-14(8-11)19-10-13-7-6-12(16(18)20)9-15(13)17/h6-7,9,11,14H,2-5,8,10H2,1H3,(H2,18,20). The first-order valence-corrected chi connectivity index (χ1v) is 8.08. The molecule has 0 aromatic heterocycles. The highest BCUT2D eigenvalue weighted by Gasteiger charge is 2.21. The first kappa shape index (κ1) is 15.7. The number of hydrogen-bond donors (Lipinski definition) is 1.